The third-order valence-electron chi connectivity index (χ3n) is 2.49. The molecule has 0 aromatic heterocycles. The third kappa shape index (κ3) is 4.53. The van der Waals surface area contributed by atoms with Crippen molar-refractivity contribution in [1.82, 2.24) is 0 Å². The van der Waals surface area contributed by atoms with Crippen LogP contribution in [-0.4, -0.2) is 26.3 Å². The fourth-order valence-electron chi connectivity index (χ4n) is 1.47. The van der Waals surface area contributed by atoms with Crippen molar-refractivity contribution in [1.29, 1.82) is 0 Å². The number of hydrogen-bond acceptors (Lipinski definition) is 4. The minimum atomic E-state index is -0.168. The van der Waals surface area contributed by atoms with Gasteiger partial charge >= 0.3 is 0 Å². The van der Waals surface area contributed by atoms with Crippen LogP contribution in [0.3, 0.4) is 0 Å². The predicted octanol–water partition coefficient (Wildman–Crippen LogP) is 2.24. The lowest BCUT2D eigenvalue weighted by atomic mass is 10.0. The second-order valence-electron chi connectivity index (χ2n) is 4.73. The third-order valence-corrected chi connectivity index (χ3v) is 2.49. The van der Waals surface area contributed by atoms with Crippen molar-refractivity contribution < 1.29 is 9.47 Å². The molecule has 1 rings (SSSR count). The maximum atomic E-state index is 5.93. The highest BCUT2D eigenvalue weighted by Gasteiger charge is 2.10. The number of ether oxygens (including phenoxy) is 2. The second kappa shape index (κ2) is 5.77. The summed E-state index contributed by atoms with van der Waals surface area (Å²) in [5.41, 5.74) is 6.69. The Morgan fingerprint density at radius 1 is 1.24 bits per heavy atom. The van der Waals surface area contributed by atoms with Crippen LogP contribution in [-0.2, 0) is 0 Å². The number of nitrogens with two attached hydrogens (primary N) is 1. The van der Waals surface area contributed by atoms with Gasteiger partial charge < -0.3 is 20.5 Å². The van der Waals surface area contributed by atoms with Crippen LogP contribution in [0.25, 0.3) is 0 Å². The van der Waals surface area contributed by atoms with E-state index in [9.17, 15) is 0 Å². The first-order valence-corrected chi connectivity index (χ1v) is 5.71. The fraction of sp³-hybridized carbons (Fsp3) is 0.538. The van der Waals surface area contributed by atoms with E-state index in [-0.39, 0.29) is 5.54 Å². The van der Waals surface area contributed by atoms with E-state index >= 15 is 0 Å². The summed E-state index contributed by atoms with van der Waals surface area (Å²) >= 11 is 0. The van der Waals surface area contributed by atoms with Crippen LogP contribution < -0.4 is 20.5 Å². The van der Waals surface area contributed by atoms with Gasteiger partial charge in [0.15, 0.2) is 0 Å². The Morgan fingerprint density at radius 3 is 2.47 bits per heavy atom. The zero-order chi connectivity index (χ0) is 12.9. The Labute approximate surface area is 103 Å². The number of methoxy groups -OCH3 is 2. The van der Waals surface area contributed by atoms with Crippen LogP contribution in [0.4, 0.5) is 5.69 Å². The molecule has 0 bridgehead atoms. The van der Waals surface area contributed by atoms with Gasteiger partial charge in [0.25, 0.3) is 0 Å². The molecule has 96 valence electrons. The molecule has 0 heterocycles. The molecule has 0 amide bonds. The summed E-state index contributed by atoms with van der Waals surface area (Å²) in [6.07, 6.45) is 0.882. The molecule has 0 saturated carbocycles. The Balaban J connectivity index is 2.68. The highest BCUT2D eigenvalue weighted by Crippen LogP contribution is 2.28. The first-order chi connectivity index (χ1) is 7.96. The monoisotopic (exact) mass is 238 g/mol. The number of anilines is 1. The molecule has 0 fully saturated rings. The van der Waals surface area contributed by atoms with Crippen LogP contribution in [0.5, 0.6) is 11.5 Å². The largest absolute Gasteiger partial charge is 0.497 e. The van der Waals surface area contributed by atoms with Gasteiger partial charge in [-0.3, -0.25) is 0 Å². The Bertz CT molecular complexity index is 359. The molecule has 0 aliphatic heterocycles. The maximum Gasteiger partial charge on any atom is 0.142 e. The van der Waals surface area contributed by atoms with Gasteiger partial charge in [-0.05, 0) is 32.4 Å². The molecule has 4 nitrogen and oxygen atoms in total. The molecule has 0 aliphatic carbocycles. The van der Waals surface area contributed by atoms with E-state index in [2.05, 4.69) is 5.32 Å². The second-order valence-corrected chi connectivity index (χ2v) is 4.73. The van der Waals surface area contributed by atoms with Crippen LogP contribution in [0.2, 0.25) is 0 Å². The molecule has 0 saturated heterocycles. The molecule has 1 aromatic carbocycles. The molecule has 0 radical (unpaired) electrons. The van der Waals surface area contributed by atoms with E-state index in [1.54, 1.807) is 14.2 Å². The standard InChI is InChI=1S/C13H22N2O2/c1-13(2,14)7-8-15-11-9-10(16-3)5-6-12(11)17-4/h5-6,9,15H,7-8,14H2,1-4H3. The van der Waals surface area contributed by atoms with Gasteiger partial charge in [-0.2, -0.15) is 0 Å². The maximum absolute atomic E-state index is 5.93. The van der Waals surface area contributed by atoms with E-state index in [1.165, 1.54) is 0 Å². The van der Waals surface area contributed by atoms with Crippen molar-refractivity contribution in [3.8, 4) is 11.5 Å². The lowest BCUT2D eigenvalue weighted by Crippen LogP contribution is -2.34. The van der Waals surface area contributed by atoms with Crippen LogP contribution in [0.1, 0.15) is 20.3 Å². The minimum absolute atomic E-state index is 0.168. The number of benzene rings is 1. The summed E-state index contributed by atoms with van der Waals surface area (Å²) in [7, 11) is 3.30. The van der Waals surface area contributed by atoms with Gasteiger partial charge in [0.1, 0.15) is 11.5 Å². The fourth-order valence-corrected chi connectivity index (χ4v) is 1.47. The quantitative estimate of drug-likeness (QED) is 0.798. The smallest absolute Gasteiger partial charge is 0.142 e. The topological polar surface area (TPSA) is 56.5 Å². The Kier molecular flexibility index (Phi) is 4.63. The molecule has 0 aliphatic rings. The lowest BCUT2D eigenvalue weighted by molar-refractivity contribution is 0.404. The van der Waals surface area contributed by atoms with E-state index in [0.717, 1.165) is 30.2 Å². The first kappa shape index (κ1) is 13.6. The summed E-state index contributed by atoms with van der Waals surface area (Å²) in [6.45, 7) is 4.82. The number of rotatable bonds is 6. The number of hydrogen-bond donors (Lipinski definition) is 2. The number of nitrogens with one attached hydrogen (secondary N) is 1. The van der Waals surface area contributed by atoms with Crippen LogP contribution in [0, 0.1) is 0 Å². The lowest BCUT2D eigenvalue weighted by Gasteiger charge is -2.19. The summed E-state index contributed by atoms with van der Waals surface area (Å²) in [5, 5.41) is 3.31. The van der Waals surface area contributed by atoms with Crippen LogP contribution >= 0.6 is 0 Å². The van der Waals surface area contributed by atoms with E-state index in [0.29, 0.717) is 0 Å². The molecule has 17 heavy (non-hydrogen) atoms. The molecular formula is C13H22N2O2. The minimum Gasteiger partial charge on any atom is -0.497 e. The van der Waals surface area contributed by atoms with Crippen molar-refractivity contribution in [3.63, 3.8) is 0 Å². The summed E-state index contributed by atoms with van der Waals surface area (Å²) in [4.78, 5) is 0. The first-order valence-electron chi connectivity index (χ1n) is 5.71. The molecule has 0 spiro atoms. The average molecular weight is 238 g/mol. The summed E-state index contributed by atoms with van der Waals surface area (Å²) < 4.78 is 10.5. The van der Waals surface area contributed by atoms with Crippen molar-refractivity contribution in [3.05, 3.63) is 18.2 Å². The summed E-state index contributed by atoms with van der Waals surface area (Å²) in [6, 6.07) is 5.67. The highest BCUT2D eigenvalue weighted by molar-refractivity contribution is 5.59. The average Bonchev–Trinajstić information content (AvgIpc) is 2.27. The Morgan fingerprint density at radius 2 is 1.94 bits per heavy atom. The van der Waals surface area contributed by atoms with E-state index in [4.69, 9.17) is 15.2 Å². The van der Waals surface area contributed by atoms with Crippen molar-refractivity contribution in [2.45, 2.75) is 25.8 Å². The normalized spacial score (nSPS) is 11.1. The molecule has 4 heteroatoms. The van der Waals surface area contributed by atoms with Crippen molar-refractivity contribution in [2.24, 2.45) is 5.73 Å². The van der Waals surface area contributed by atoms with Gasteiger partial charge in [0.2, 0.25) is 0 Å². The molecule has 0 atom stereocenters. The Hall–Kier alpha value is -1.42. The molecular weight excluding hydrogens is 216 g/mol. The van der Waals surface area contributed by atoms with E-state index in [1.807, 2.05) is 32.0 Å². The van der Waals surface area contributed by atoms with Crippen molar-refractivity contribution in [2.75, 3.05) is 26.1 Å². The van der Waals surface area contributed by atoms with Gasteiger partial charge in [0, 0.05) is 18.2 Å². The molecule has 3 N–H and O–H groups in total. The highest BCUT2D eigenvalue weighted by atomic mass is 16.5. The zero-order valence-electron chi connectivity index (χ0n) is 11.0. The van der Waals surface area contributed by atoms with Gasteiger partial charge in [0.05, 0.1) is 19.9 Å². The van der Waals surface area contributed by atoms with Gasteiger partial charge in [-0.15, -0.1) is 0 Å². The van der Waals surface area contributed by atoms with E-state index < -0.39 is 0 Å². The SMILES string of the molecule is COc1ccc(OC)c(NCCC(C)(C)N)c1. The zero-order valence-corrected chi connectivity index (χ0v) is 11.0. The molecule has 1 aromatic rings. The van der Waals surface area contributed by atoms with Gasteiger partial charge in [-0.1, -0.05) is 0 Å². The van der Waals surface area contributed by atoms with Gasteiger partial charge in [-0.25, -0.2) is 0 Å². The van der Waals surface area contributed by atoms with Crippen LogP contribution in [0.15, 0.2) is 18.2 Å². The summed E-state index contributed by atoms with van der Waals surface area (Å²) in [5.74, 6) is 1.61. The predicted molar refractivity (Wildman–Crippen MR) is 70.9 cm³/mol. The van der Waals surface area contributed by atoms with Crippen molar-refractivity contribution >= 4 is 5.69 Å². The molecule has 0 unspecified atom stereocenters.